The van der Waals surface area contributed by atoms with Crippen molar-refractivity contribution in [3.63, 3.8) is 0 Å². The van der Waals surface area contributed by atoms with Gasteiger partial charge in [0.15, 0.2) is 0 Å². The second-order valence-corrected chi connectivity index (χ2v) is 35.7. The molecule has 28 heteroatoms. The minimum absolute atomic E-state index is 0. The quantitative estimate of drug-likeness (QED) is 0.0112. The van der Waals surface area contributed by atoms with Gasteiger partial charge in [-0.3, -0.25) is 24.0 Å². The number of carbonyl (C=O) groups is 15. The first-order valence-electron chi connectivity index (χ1n) is 43.6. The molecule has 0 spiro atoms. The maximum Gasteiger partial charge on any atom is 0.133 e. The number of nitrogens with zero attached hydrogens (tertiary/aromatic N) is 6. The number of Topliss-reactive ketones (excluding diaryl/α,β-unsaturated/α-hetero) is 13. The monoisotopic (exact) mass is 2260 g/mol. The Morgan fingerprint density at radius 1 is 0.365 bits per heavy atom. The molecule has 0 aromatic rings. The van der Waals surface area contributed by atoms with Crippen molar-refractivity contribution < 1.29 is 235 Å². The van der Waals surface area contributed by atoms with Crippen LogP contribution in [0, 0.1) is 127 Å². The standard InChI is InChI=1S/C11H21O.C10H17IO.C10H19N3O.C10H21NO.C10H17O2.C10H17O.C9H15N3O2.C9H16O2.C9H13O2.C8H14O2.C2H3.5Y/c1-5-6-9(2)7-10(3)8-11(4)12;1-8(4-5-11)6-9(2)7-10(3)12;1-8(4-5-12-13-11)6-9(2)7-10(3)14;1-8(4-5-11)6-9(2)7-10(3)12;1-4-5-10(12)7-8(2)6-9(3)11;1-5-8(2)6-9(3)7-10(4)11;1-7(5-8(2)13)6-9(14)3-4-11-12-10;1-7(5-9(3)11)4-8(2)6-10;1-4-9(11)6-7(2)5-8(3)10;1-6(4-7(2)9)5-8(3)10;1-2;;;;;/h5,9-10H,6-8H2,1-4H3;4-5,8-9H,6-7H2,1-3H3;8-9H,4-7H2,1-3H3;8-9H,4-7,11H2,1-3H3;4,8H,5-7H2,1-3H3;1,5,8-9H,6-7H2,2-4H3;7H,3-6H2,1-2H3;6-8H,4-5H2,1-3H3;1,4,7H,5-6H2,2-3H3;6H,4-5H2,1-3H3;1H,2H2;;;;;/q-1;;;;2*-1;;;-1;;-1;;;;;/b;5-4+;;;;;;;;;;;;;;/t9-,10-;3*8-,9-;8-;8-,9-;7-;7-,8+;7-;;;;;;;/m111101010......./s1. The van der Waals surface area contributed by atoms with E-state index in [1.165, 1.54) is 26.7 Å². The van der Waals surface area contributed by atoms with E-state index in [2.05, 4.69) is 144 Å². The third-order valence-corrected chi connectivity index (χ3v) is 18.1. The molecular weight excluding hydrogens is 2090 g/mol. The van der Waals surface area contributed by atoms with Crippen molar-refractivity contribution in [3.8, 4) is 0 Å². The van der Waals surface area contributed by atoms with Gasteiger partial charge in [0.1, 0.15) is 81.5 Å². The molecule has 0 aromatic heterocycles. The fourth-order valence-electron chi connectivity index (χ4n) is 13.7. The minimum Gasteiger partial charge on any atom is -0.521 e. The third-order valence-electron chi connectivity index (χ3n) is 17.7. The topological polar surface area (TPSA) is 380 Å². The average molecular weight is 2260 g/mol. The summed E-state index contributed by atoms with van der Waals surface area (Å²) >= 11 is 2.23. The van der Waals surface area contributed by atoms with Crippen LogP contribution in [0.2, 0.25) is 0 Å². The first-order chi connectivity index (χ1) is 56.0. The Morgan fingerprint density at radius 3 is 0.897 bits per heavy atom. The van der Waals surface area contributed by atoms with Crippen LogP contribution < -0.4 is 5.73 Å². The zero-order valence-corrected chi connectivity index (χ0v) is 101. The van der Waals surface area contributed by atoms with Crippen molar-refractivity contribution in [2.24, 2.45) is 111 Å². The van der Waals surface area contributed by atoms with Gasteiger partial charge in [0.25, 0.3) is 0 Å². The van der Waals surface area contributed by atoms with Crippen LogP contribution in [-0.4, -0.2) is 107 Å². The van der Waals surface area contributed by atoms with E-state index in [1.54, 1.807) is 68.4 Å². The number of rotatable bonds is 56. The third kappa shape index (κ3) is 160. The van der Waals surface area contributed by atoms with Gasteiger partial charge in [-0.25, -0.2) is 6.08 Å². The summed E-state index contributed by atoms with van der Waals surface area (Å²) in [5, 5.41) is 6.77. The summed E-state index contributed by atoms with van der Waals surface area (Å²) in [6.45, 7) is 73.3. The number of carbonyl (C=O) groups excluding carboxylic acids is 15. The van der Waals surface area contributed by atoms with E-state index in [9.17, 15) is 71.9 Å². The summed E-state index contributed by atoms with van der Waals surface area (Å²) < 4.78 is 2.04. The summed E-state index contributed by atoms with van der Waals surface area (Å²) in [6.07, 6.45) is 28.0. The SMILES string of the molecule is CC(=O)CC(C)CC(C)=O.CC(=O)C[C@H](C)CC(=O)CCN=[N+]=[N-].CC(=O)C[C@H](C)C[C@H](C)/C=C/I.CC(=O)C[C@H](C)C[C@H](C)C=O.CC(=O)C[C@H](C)C[C@H](C)CCN.CC(=O)C[C@H](C)C[C@H](C)CCN=[N+]=[N-].C[CH-]CC(=O)C[C@@H](C)CC(C)=O.C[CH-]C[C@@H](C)C[C@@H](C)CC(C)=O.[CH-]=C.[CH-]=CC(=O)C[C@@H](C)CC(C)=O.[CH-]=C[C@@H](C)C[C@@H](C)CC(C)=O.[Y].[Y].[Y].[Y].[Y]. The van der Waals surface area contributed by atoms with Crippen LogP contribution >= 0.6 is 22.6 Å². The Balaban J connectivity index is -0.0000000758. The summed E-state index contributed by atoms with van der Waals surface area (Å²) in [6, 6.07) is 0. The van der Waals surface area contributed by atoms with Crippen LogP contribution in [0.5, 0.6) is 0 Å². The zero-order chi connectivity index (χ0) is 96.9. The Morgan fingerprint density at radius 2 is 0.627 bits per heavy atom. The summed E-state index contributed by atoms with van der Waals surface area (Å²) in [5.41, 5.74) is 21.5. The number of hydrogen-bond acceptors (Lipinski definition) is 18. The van der Waals surface area contributed by atoms with E-state index < -0.39 is 0 Å². The van der Waals surface area contributed by atoms with Gasteiger partial charge in [-0.15, -0.1) is 6.42 Å². The van der Waals surface area contributed by atoms with E-state index in [0.29, 0.717) is 160 Å². The van der Waals surface area contributed by atoms with Gasteiger partial charge < -0.3 is 98.9 Å². The first kappa shape index (κ1) is 162. The van der Waals surface area contributed by atoms with Gasteiger partial charge in [-0.05, 0) is 220 Å². The van der Waals surface area contributed by atoms with Crippen LogP contribution in [0.1, 0.15) is 361 Å². The fourth-order valence-corrected chi connectivity index (χ4v) is 14.4. The predicted octanol–water partition coefficient (Wildman–Crippen LogP) is 24.7. The first-order valence-corrected chi connectivity index (χ1v) is 44.8. The Kier molecular flexibility index (Phi) is 147. The molecule has 0 saturated heterocycles. The van der Waals surface area contributed by atoms with E-state index >= 15 is 0 Å². The molecule has 0 rings (SSSR count). The molecule has 5 radical (unpaired) electrons. The van der Waals surface area contributed by atoms with Crippen LogP contribution in [-0.2, 0) is 235 Å². The van der Waals surface area contributed by atoms with Crippen molar-refractivity contribution in [1.29, 1.82) is 0 Å². The zero-order valence-electron chi connectivity index (χ0n) is 84.2. The van der Waals surface area contributed by atoms with Gasteiger partial charge in [0.05, 0.1) is 0 Å². The van der Waals surface area contributed by atoms with Crippen molar-refractivity contribution in [2.75, 3.05) is 19.6 Å². The molecule has 0 aliphatic carbocycles. The van der Waals surface area contributed by atoms with Crippen LogP contribution in [0.4, 0.5) is 0 Å². The van der Waals surface area contributed by atoms with Crippen molar-refractivity contribution in [2.45, 2.75) is 361 Å². The maximum absolute atomic E-state index is 11.2. The van der Waals surface area contributed by atoms with E-state index in [0.717, 1.165) is 89.0 Å². The molecule has 2 N–H and O–H groups in total. The normalized spacial score (nSPS) is 13.2. The summed E-state index contributed by atoms with van der Waals surface area (Å²) in [4.78, 5) is 166. The number of allylic oxidation sites excluding steroid dienone is 3. The molecule has 126 heavy (non-hydrogen) atoms. The number of aldehydes is 1. The van der Waals surface area contributed by atoms with E-state index in [-0.39, 0.29) is 270 Å². The van der Waals surface area contributed by atoms with E-state index in [1.807, 2.05) is 59.0 Å². The molecule has 0 aliphatic heterocycles. The summed E-state index contributed by atoms with van der Waals surface area (Å²) in [7, 11) is 0. The molecule has 15 atom stereocenters. The smallest absolute Gasteiger partial charge is 0.133 e. The molecular formula is C98H173IN7O15Y5-5. The fraction of sp³-hybridized carbons (Fsp3) is 0.745. The Hall–Kier alpha value is -1.16. The molecule has 0 aliphatic rings. The van der Waals surface area contributed by atoms with Gasteiger partial charge in [0, 0.05) is 288 Å². The van der Waals surface area contributed by atoms with E-state index in [4.69, 9.17) is 30.0 Å². The van der Waals surface area contributed by atoms with Gasteiger partial charge >= 0.3 is 0 Å². The van der Waals surface area contributed by atoms with Gasteiger partial charge in [-0.2, -0.15) is 20.3 Å². The molecule has 0 heterocycles. The number of halogens is 1. The van der Waals surface area contributed by atoms with Crippen molar-refractivity contribution >= 4 is 110 Å². The van der Waals surface area contributed by atoms with Gasteiger partial charge in [-0.1, -0.05) is 174 Å². The Labute approximate surface area is 908 Å². The average Bonchev–Trinajstić information content (AvgIpc) is 0.982. The van der Waals surface area contributed by atoms with Crippen molar-refractivity contribution in [1.82, 2.24) is 0 Å². The molecule has 0 fully saturated rings. The molecule has 0 aromatic carbocycles. The Bertz CT molecular complexity index is 2900. The largest absolute Gasteiger partial charge is 0.521 e. The molecule has 0 bridgehead atoms. The number of nitrogens with two attached hydrogens (primary N) is 1. The molecule has 717 valence electrons. The second-order valence-electron chi connectivity index (χ2n) is 34.9. The summed E-state index contributed by atoms with van der Waals surface area (Å²) in [5.74, 6) is 8.96. The van der Waals surface area contributed by atoms with Gasteiger partial charge in [0.2, 0.25) is 0 Å². The molecule has 0 saturated carbocycles. The van der Waals surface area contributed by atoms with Crippen LogP contribution in [0.3, 0.4) is 0 Å². The number of azide groups is 2. The predicted molar refractivity (Wildman–Crippen MR) is 508 cm³/mol. The molecule has 22 nitrogen and oxygen atoms in total. The second kappa shape index (κ2) is 114. The molecule has 0 unspecified atom stereocenters. The maximum atomic E-state index is 11.2. The van der Waals surface area contributed by atoms with Crippen LogP contribution in [0.15, 0.2) is 39.1 Å². The minimum atomic E-state index is -0.0984. The molecule has 0 amide bonds. The van der Waals surface area contributed by atoms with Crippen LogP contribution in [0.25, 0.3) is 20.9 Å². The number of ketones is 14. The number of hydrogen-bond donors (Lipinski definition) is 1. The van der Waals surface area contributed by atoms with Crippen molar-refractivity contribution in [3.05, 3.63) is 82.4 Å².